The van der Waals surface area contributed by atoms with E-state index in [1.807, 2.05) is 0 Å². The summed E-state index contributed by atoms with van der Waals surface area (Å²) >= 11 is 0. The van der Waals surface area contributed by atoms with Crippen LogP contribution in [0.25, 0.3) is 44.8 Å². The molecule has 4 nitrogen and oxygen atoms in total. The summed E-state index contributed by atoms with van der Waals surface area (Å²) in [5.41, 5.74) is 9.19. The molecule has 2 heterocycles. The van der Waals surface area contributed by atoms with Gasteiger partial charge in [-0.1, -0.05) is 71.9 Å². The number of hydrogen-bond donors (Lipinski definition) is 2. The van der Waals surface area contributed by atoms with Crippen LogP contribution in [-0.4, -0.2) is 19.9 Å². The third-order valence-electron chi connectivity index (χ3n) is 7.71. The summed E-state index contributed by atoms with van der Waals surface area (Å²) in [7, 11) is 0. The summed E-state index contributed by atoms with van der Waals surface area (Å²) in [5, 5.41) is 0. The maximum absolute atomic E-state index is 4.93. The van der Waals surface area contributed by atoms with Crippen LogP contribution in [0.3, 0.4) is 0 Å². The standard InChI is InChI=1S/C30H34N4/c1-7-29(3,4)21-12-14-23-25(17-21)33-27(31-23)19-10-9-11-20(16-19)28-32-24-15-13-22(18-26(24)34-28)30(5,6)8-2/h9-18H,7-8H2,1-6H3,(H,31,33)(H,32,34). The molecule has 4 heteroatoms. The molecule has 0 atom stereocenters. The lowest BCUT2D eigenvalue weighted by molar-refractivity contribution is 0.506. The molecule has 174 valence electrons. The van der Waals surface area contributed by atoms with E-state index in [1.54, 1.807) is 0 Å². The zero-order chi connectivity index (χ0) is 24.1. The number of aromatic nitrogens is 4. The summed E-state index contributed by atoms with van der Waals surface area (Å²) in [6.45, 7) is 13.6. The summed E-state index contributed by atoms with van der Waals surface area (Å²) in [6.07, 6.45) is 2.18. The normalized spacial score (nSPS) is 12.6. The van der Waals surface area contributed by atoms with Crippen LogP contribution in [0.2, 0.25) is 0 Å². The first kappa shape index (κ1) is 22.4. The van der Waals surface area contributed by atoms with Crippen LogP contribution in [0, 0.1) is 0 Å². The lowest BCUT2D eigenvalue weighted by atomic mass is 9.82. The smallest absolute Gasteiger partial charge is 0.138 e. The van der Waals surface area contributed by atoms with E-state index in [2.05, 4.69) is 112 Å². The number of rotatable bonds is 6. The zero-order valence-corrected chi connectivity index (χ0v) is 21.1. The molecule has 0 fully saturated rings. The van der Waals surface area contributed by atoms with Crippen molar-refractivity contribution in [3.05, 3.63) is 71.8 Å². The number of H-pyrrole nitrogens is 2. The molecular formula is C30H34N4. The second kappa shape index (κ2) is 8.12. The minimum absolute atomic E-state index is 0.140. The highest BCUT2D eigenvalue weighted by Gasteiger charge is 2.20. The van der Waals surface area contributed by atoms with Gasteiger partial charge in [0.05, 0.1) is 22.1 Å². The molecule has 0 saturated carbocycles. The molecule has 3 aromatic carbocycles. The highest BCUT2D eigenvalue weighted by atomic mass is 14.9. The third-order valence-corrected chi connectivity index (χ3v) is 7.71. The maximum atomic E-state index is 4.93. The van der Waals surface area contributed by atoms with Crippen LogP contribution in [0.15, 0.2) is 60.7 Å². The van der Waals surface area contributed by atoms with Gasteiger partial charge >= 0.3 is 0 Å². The van der Waals surface area contributed by atoms with Crippen LogP contribution in [0.5, 0.6) is 0 Å². The van der Waals surface area contributed by atoms with Crippen molar-refractivity contribution < 1.29 is 0 Å². The molecule has 34 heavy (non-hydrogen) atoms. The highest BCUT2D eigenvalue weighted by Crippen LogP contribution is 2.32. The molecule has 0 radical (unpaired) electrons. The Morgan fingerprint density at radius 2 is 1.18 bits per heavy atom. The Morgan fingerprint density at radius 3 is 1.82 bits per heavy atom. The van der Waals surface area contributed by atoms with E-state index >= 15 is 0 Å². The van der Waals surface area contributed by atoms with Crippen LogP contribution in [0.1, 0.15) is 65.5 Å². The molecule has 0 saturated heterocycles. The molecule has 5 rings (SSSR count). The first-order valence-electron chi connectivity index (χ1n) is 12.3. The number of hydrogen-bond acceptors (Lipinski definition) is 2. The van der Waals surface area contributed by atoms with Gasteiger partial charge in [0.25, 0.3) is 0 Å². The van der Waals surface area contributed by atoms with Crippen molar-refractivity contribution in [2.24, 2.45) is 0 Å². The molecule has 2 aromatic heterocycles. The molecule has 0 aliphatic heterocycles. The molecule has 0 bridgehead atoms. The summed E-state index contributed by atoms with van der Waals surface area (Å²) in [4.78, 5) is 16.8. The van der Waals surface area contributed by atoms with Gasteiger partial charge in [-0.15, -0.1) is 0 Å². The van der Waals surface area contributed by atoms with Gasteiger partial charge in [-0.3, -0.25) is 0 Å². The number of aromatic amines is 2. The fourth-order valence-corrected chi connectivity index (χ4v) is 4.35. The maximum Gasteiger partial charge on any atom is 0.138 e. The Bertz CT molecular complexity index is 1370. The van der Waals surface area contributed by atoms with Gasteiger partial charge in [0.2, 0.25) is 0 Å². The fraction of sp³-hybridized carbons (Fsp3) is 0.333. The number of fused-ring (bicyclic) bond motifs is 2. The van der Waals surface area contributed by atoms with Crippen LogP contribution >= 0.6 is 0 Å². The minimum Gasteiger partial charge on any atom is -0.338 e. The summed E-state index contributed by atoms with van der Waals surface area (Å²) in [6, 6.07) is 21.6. The third kappa shape index (κ3) is 3.91. The molecule has 0 amide bonds. The molecule has 0 spiro atoms. The molecule has 0 aliphatic rings. The van der Waals surface area contributed by atoms with Gasteiger partial charge < -0.3 is 9.97 Å². The van der Waals surface area contributed by atoms with Gasteiger partial charge in [-0.25, -0.2) is 9.97 Å². The fourth-order valence-electron chi connectivity index (χ4n) is 4.35. The first-order valence-corrected chi connectivity index (χ1v) is 12.3. The lowest BCUT2D eigenvalue weighted by Gasteiger charge is -2.23. The lowest BCUT2D eigenvalue weighted by Crippen LogP contribution is -2.15. The van der Waals surface area contributed by atoms with Gasteiger partial charge in [0.1, 0.15) is 11.6 Å². The molecular weight excluding hydrogens is 416 g/mol. The zero-order valence-electron chi connectivity index (χ0n) is 21.1. The Balaban J connectivity index is 1.51. The van der Waals surface area contributed by atoms with E-state index in [1.165, 1.54) is 11.1 Å². The first-order chi connectivity index (χ1) is 16.2. The Kier molecular flexibility index (Phi) is 5.35. The van der Waals surface area contributed by atoms with E-state index in [0.29, 0.717) is 0 Å². The van der Waals surface area contributed by atoms with Crippen molar-refractivity contribution in [2.75, 3.05) is 0 Å². The topological polar surface area (TPSA) is 57.4 Å². The van der Waals surface area contributed by atoms with Crippen molar-refractivity contribution in [1.82, 2.24) is 19.9 Å². The van der Waals surface area contributed by atoms with Gasteiger partial charge in [0, 0.05) is 11.1 Å². The average molecular weight is 451 g/mol. The van der Waals surface area contributed by atoms with Crippen molar-refractivity contribution in [3.63, 3.8) is 0 Å². The van der Waals surface area contributed by atoms with Crippen molar-refractivity contribution in [1.29, 1.82) is 0 Å². The quantitative estimate of drug-likeness (QED) is 0.274. The van der Waals surface area contributed by atoms with E-state index in [0.717, 1.165) is 57.7 Å². The van der Waals surface area contributed by atoms with Gasteiger partial charge in [0.15, 0.2) is 0 Å². The van der Waals surface area contributed by atoms with Crippen molar-refractivity contribution in [3.8, 4) is 22.8 Å². The van der Waals surface area contributed by atoms with E-state index in [-0.39, 0.29) is 10.8 Å². The largest absolute Gasteiger partial charge is 0.338 e. The van der Waals surface area contributed by atoms with Crippen LogP contribution in [-0.2, 0) is 10.8 Å². The SMILES string of the molecule is CCC(C)(C)c1ccc2[nH]c(-c3cccc(-c4nc5ccc(C(C)(C)CC)cc5[nH]4)c3)nc2c1. The Morgan fingerprint density at radius 1 is 0.618 bits per heavy atom. The molecule has 0 unspecified atom stereocenters. The second-order valence-electron chi connectivity index (χ2n) is 10.7. The van der Waals surface area contributed by atoms with Gasteiger partial charge in [-0.05, 0) is 65.1 Å². The summed E-state index contributed by atoms with van der Waals surface area (Å²) in [5.74, 6) is 1.76. The number of benzene rings is 3. The molecule has 5 aromatic rings. The average Bonchev–Trinajstić information content (AvgIpc) is 3.47. The predicted molar refractivity (Wildman–Crippen MR) is 143 cm³/mol. The summed E-state index contributed by atoms with van der Waals surface area (Å²) < 4.78 is 0. The van der Waals surface area contributed by atoms with E-state index < -0.39 is 0 Å². The monoisotopic (exact) mass is 450 g/mol. The van der Waals surface area contributed by atoms with E-state index in [4.69, 9.17) is 9.97 Å². The van der Waals surface area contributed by atoms with Crippen molar-refractivity contribution in [2.45, 2.75) is 65.2 Å². The van der Waals surface area contributed by atoms with Crippen molar-refractivity contribution >= 4 is 22.1 Å². The minimum atomic E-state index is 0.140. The number of imidazole rings is 2. The van der Waals surface area contributed by atoms with E-state index in [9.17, 15) is 0 Å². The Labute approximate surface area is 201 Å². The molecule has 0 aliphatic carbocycles. The van der Waals surface area contributed by atoms with Crippen LogP contribution < -0.4 is 0 Å². The van der Waals surface area contributed by atoms with Crippen LogP contribution in [0.4, 0.5) is 0 Å². The van der Waals surface area contributed by atoms with Gasteiger partial charge in [-0.2, -0.15) is 0 Å². The number of nitrogens with zero attached hydrogens (tertiary/aromatic N) is 2. The highest BCUT2D eigenvalue weighted by molar-refractivity contribution is 5.83. The second-order valence-corrected chi connectivity index (χ2v) is 10.7. The number of nitrogens with one attached hydrogen (secondary N) is 2. The molecule has 2 N–H and O–H groups in total. The predicted octanol–water partition coefficient (Wildman–Crippen LogP) is 8.15. The Hall–Kier alpha value is -3.40.